The number of alkyl halides is 6. The standard InChI is InChI=1S/C12H12F3NO6.C12H15NO6.C11H10F3NO6.3C11H13NO6/c1-3-10(19)22-9-4-7(17)16(9)8(18)5-21-11(20)6(2)12(13,14)15;1-4-11(16)19-10-5-8(14)13(10)9(15)6-18-12(17)7(2)3;1-5(11(12,13)14)10(19)20-4-8(18)15-7(17)3-9(15)21-6(2)16;1-6(2)11(16)17-5-9(15)12-8(14)4-10(12)18-7(3)13;1-4-10(15)17-6(2)11(16)12-8(14)5-9(12)18-7(3)13;1-3-10(15)17-6-8(14)12-7(13)5-9(12)18-11(16)4-2/h9H,2-5H2,1H3;10H,2,4-6H2,1,3H3;9H,1,3-4H2,2H3;10H,1,4-5H2,2-3H3;4,6,9H,1,5H2,2-3H3;3,9H,1,4-6H2,2H3. The molecule has 6 aliphatic heterocycles. The first kappa shape index (κ1) is 101. The van der Waals surface area contributed by atoms with E-state index in [0.29, 0.717) is 9.80 Å². The molecule has 0 saturated carbocycles. The summed E-state index contributed by atoms with van der Waals surface area (Å²) >= 11 is 0. The highest BCUT2D eigenvalue weighted by molar-refractivity contribution is 6.06. The third-order valence-corrected chi connectivity index (χ3v) is 14.1. The molecule has 7 atom stereocenters. The Morgan fingerprint density at radius 3 is 0.776 bits per heavy atom. The van der Waals surface area contributed by atoms with Crippen LogP contribution in [0.4, 0.5) is 26.3 Å². The molecule has 6 aliphatic rings. The molecule has 0 aliphatic carbocycles. The van der Waals surface area contributed by atoms with Gasteiger partial charge >= 0.3 is 84.0 Å². The zero-order valence-electron chi connectivity index (χ0n) is 63.0. The maximum Gasteiger partial charge on any atom is 0.422 e. The molecule has 0 bridgehead atoms. The minimum absolute atomic E-state index is 0.0209. The van der Waals surface area contributed by atoms with Crippen molar-refractivity contribution in [3.05, 3.63) is 73.9 Å². The maximum atomic E-state index is 12.2. The molecule has 0 aromatic heterocycles. The summed E-state index contributed by atoms with van der Waals surface area (Å²) in [6.07, 6.45) is -15.4. The lowest BCUT2D eigenvalue weighted by atomic mass is 10.1. The Balaban J connectivity index is 0.000000697. The SMILES string of the molecule is C=C(C(=O)OCC(=O)N1C(=O)CC1OC(=O)CC)C(F)(F)F.C=C(C(=O)OCC(=O)N1C(=O)CC1OC(C)=O)C(F)(F)F.C=C(C)C(=O)OCC(=O)N1C(=O)CC1OC(=O)CC.C=C(C)C(=O)OCC(=O)N1C(=O)CC1OC(C)=O.C=CC(=O)OC(C)C(=O)N1C(=O)CC1OC(C)=O.C=CC(=O)OCC(=O)N1C(=O)CC1OC(=O)CC. The number of imide groups is 6. The van der Waals surface area contributed by atoms with E-state index in [0.717, 1.165) is 38.7 Å². The first-order valence-electron chi connectivity index (χ1n) is 33.0. The number of nitrogens with zero attached hydrogens (tertiary/aromatic N) is 6. The number of hydrogen-bond donors (Lipinski definition) is 0. The number of rotatable bonds is 27. The summed E-state index contributed by atoms with van der Waals surface area (Å²) in [6.45, 7) is 26.4. The summed E-state index contributed by atoms with van der Waals surface area (Å²) in [6, 6.07) is 0. The summed E-state index contributed by atoms with van der Waals surface area (Å²) < 4.78 is 128. The van der Waals surface area contributed by atoms with Crippen LogP contribution in [-0.2, 0) is 172 Å². The van der Waals surface area contributed by atoms with E-state index in [1.54, 1.807) is 13.8 Å². The van der Waals surface area contributed by atoms with Crippen LogP contribution in [0.3, 0.4) is 0 Å². The average molecular weight is 1670 g/mol. The number of amides is 12. The molecule has 6 fully saturated rings. The third-order valence-electron chi connectivity index (χ3n) is 14.1. The van der Waals surface area contributed by atoms with Gasteiger partial charge in [-0.05, 0) is 20.8 Å². The second kappa shape index (κ2) is 45.9. The molecule has 12 amide bonds. The van der Waals surface area contributed by atoms with Crippen LogP contribution in [0.1, 0.15) is 120 Å². The Hall–Kier alpha value is -13.5. The van der Waals surface area contributed by atoms with E-state index in [-0.39, 0.29) is 68.9 Å². The fourth-order valence-corrected chi connectivity index (χ4v) is 8.10. The van der Waals surface area contributed by atoms with Gasteiger partial charge in [-0.25, -0.2) is 58.2 Å². The number of halogens is 6. The van der Waals surface area contributed by atoms with Crippen LogP contribution in [-0.4, -0.2) is 261 Å². The van der Waals surface area contributed by atoms with Crippen molar-refractivity contribution in [2.45, 2.75) is 176 Å². The van der Waals surface area contributed by atoms with E-state index in [4.69, 9.17) is 23.7 Å². The fraction of sp³-hybridized carbons (Fsp3) is 0.471. The van der Waals surface area contributed by atoms with Crippen molar-refractivity contribution in [2.75, 3.05) is 33.0 Å². The Bertz CT molecular complexity index is 4030. The molecule has 0 aromatic carbocycles. The van der Waals surface area contributed by atoms with Crippen molar-refractivity contribution in [3.8, 4) is 0 Å². The summed E-state index contributed by atoms with van der Waals surface area (Å²) in [5, 5.41) is 0. The van der Waals surface area contributed by atoms with Crippen molar-refractivity contribution >= 4 is 143 Å². The minimum Gasteiger partial charge on any atom is -0.452 e. The first-order chi connectivity index (χ1) is 53.6. The Kier molecular flexibility index (Phi) is 39.7. The summed E-state index contributed by atoms with van der Waals surface area (Å²) in [4.78, 5) is 272. The van der Waals surface area contributed by atoms with Crippen LogP contribution in [0, 0.1) is 0 Å². The third kappa shape index (κ3) is 31.6. The molecular weight excluding hydrogens is 1590 g/mol. The zero-order chi connectivity index (χ0) is 89.5. The number of carbonyl (C=O) groups excluding carboxylic acids is 24. The lowest BCUT2D eigenvalue weighted by molar-refractivity contribution is -0.193. The summed E-state index contributed by atoms with van der Waals surface area (Å²) in [7, 11) is 0. The quantitative estimate of drug-likeness (QED) is 0.0353. The number of hydrogen-bond acceptors (Lipinski definition) is 36. The van der Waals surface area contributed by atoms with Gasteiger partial charge in [-0.3, -0.25) is 86.3 Å². The second-order valence-corrected chi connectivity index (χ2v) is 23.1. The Morgan fingerprint density at radius 2 is 0.578 bits per heavy atom. The highest BCUT2D eigenvalue weighted by atomic mass is 19.4. The molecule has 0 aromatic rings. The number of esters is 12. The van der Waals surface area contributed by atoms with Gasteiger partial charge in [-0.2, -0.15) is 26.3 Å². The average Bonchev–Trinajstić information content (AvgIpc) is 0.821. The summed E-state index contributed by atoms with van der Waals surface area (Å²) in [5.74, 6) is -18.6. The topological polar surface area (TPSA) is 540 Å². The van der Waals surface area contributed by atoms with Crippen LogP contribution in [0.25, 0.3) is 0 Å². The molecule has 0 radical (unpaired) electrons. The molecule has 7 unspecified atom stereocenters. The van der Waals surface area contributed by atoms with Gasteiger partial charge < -0.3 is 56.8 Å². The molecule has 0 N–H and O–H groups in total. The molecule has 42 nitrogen and oxygen atoms in total. The van der Waals surface area contributed by atoms with E-state index >= 15 is 0 Å². The zero-order valence-corrected chi connectivity index (χ0v) is 63.0. The van der Waals surface area contributed by atoms with E-state index < -0.39 is 243 Å². The van der Waals surface area contributed by atoms with Gasteiger partial charge in [-0.1, -0.05) is 60.2 Å². The largest absolute Gasteiger partial charge is 0.452 e. The number of carbonyl (C=O) groups is 24. The molecule has 6 heterocycles. The number of ether oxygens (including phenoxy) is 12. The van der Waals surface area contributed by atoms with Gasteiger partial charge in [-0.15, -0.1) is 0 Å². The predicted octanol–water partition coefficient (Wildman–Crippen LogP) is 0.386. The van der Waals surface area contributed by atoms with Crippen LogP contribution in [0.2, 0.25) is 0 Å². The fourth-order valence-electron chi connectivity index (χ4n) is 8.10. The molecule has 636 valence electrons. The highest BCUT2D eigenvalue weighted by Crippen LogP contribution is 2.29. The van der Waals surface area contributed by atoms with Crippen LogP contribution in [0.15, 0.2) is 73.9 Å². The van der Waals surface area contributed by atoms with Crippen molar-refractivity contribution in [3.63, 3.8) is 0 Å². The normalized spacial score (nSPS) is 18.0. The van der Waals surface area contributed by atoms with Gasteiger partial charge in [0.15, 0.2) is 76.5 Å². The monoisotopic (exact) mass is 1670 g/mol. The van der Waals surface area contributed by atoms with E-state index in [2.05, 4.69) is 72.6 Å². The minimum atomic E-state index is -4.98. The number of likely N-dealkylation sites (tertiary alicyclic amines) is 6. The molecule has 116 heavy (non-hydrogen) atoms. The predicted molar refractivity (Wildman–Crippen MR) is 357 cm³/mol. The second-order valence-electron chi connectivity index (χ2n) is 23.1. The molecule has 6 rings (SSSR count). The van der Waals surface area contributed by atoms with E-state index in [1.807, 2.05) is 0 Å². The van der Waals surface area contributed by atoms with Crippen molar-refractivity contribution < 1.29 is 198 Å². The van der Waals surface area contributed by atoms with Gasteiger partial charge in [0, 0.05) is 63.3 Å². The van der Waals surface area contributed by atoms with Crippen LogP contribution < -0.4 is 0 Å². The van der Waals surface area contributed by atoms with E-state index in [1.165, 1.54) is 41.5 Å². The van der Waals surface area contributed by atoms with E-state index in [9.17, 15) is 141 Å². The van der Waals surface area contributed by atoms with Crippen LogP contribution >= 0.6 is 0 Å². The highest BCUT2D eigenvalue weighted by Gasteiger charge is 2.50. The Morgan fingerprint density at radius 1 is 0.362 bits per heavy atom. The van der Waals surface area contributed by atoms with Gasteiger partial charge in [0.1, 0.15) is 11.1 Å². The van der Waals surface area contributed by atoms with Crippen LogP contribution in [0.5, 0.6) is 0 Å². The maximum absolute atomic E-state index is 12.2. The van der Waals surface area contributed by atoms with Gasteiger partial charge in [0.25, 0.3) is 35.4 Å². The van der Waals surface area contributed by atoms with Crippen molar-refractivity contribution in [1.29, 1.82) is 0 Å². The first-order valence-corrected chi connectivity index (χ1v) is 33.0. The van der Waals surface area contributed by atoms with Gasteiger partial charge in [0.05, 0.1) is 38.5 Å². The van der Waals surface area contributed by atoms with Crippen molar-refractivity contribution in [2.24, 2.45) is 0 Å². The number of β-lactam (4-membered cyclic amide) rings is 6. The summed E-state index contributed by atoms with van der Waals surface area (Å²) in [5.41, 5.74) is -3.25. The van der Waals surface area contributed by atoms with Crippen molar-refractivity contribution in [1.82, 2.24) is 29.4 Å². The molecular formula is C68H76F6N6O36. The molecule has 0 spiro atoms. The molecule has 6 saturated heterocycles. The lowest BCUT2D eigenvalue weighted by Gasteiger charge is -2.38. The molecule has 48 heteroatoms. The van der Waals surface area contributed by atoms with Gasteiger partial charge in [0.2, 0.25) is 35.4 Å². The smallest absolute Gasteiger partial charge is 0.422 e. The Labute approximate surface area is 651 Å². The lowest BCUT2D eigenvalue weighted by Crippen LogP contribution is -2.59.